The van der Waals surface area contributed by atoms with Gasteiger partial charge < -0.3 is 72.5 Å². The number of carboxylic acids is 3. The molecule has 0 atom stereocenters. The highest BCUT2D eigenvalue weighted by Gasteiger charge is 2.13. The maximum Gasteiger partial charge on any atom is 0.513 e. The van der Waals surface area contributed by atoms with Crippen LogP contribution < -0.4 is 60.4 Å². The lowest BCUT2D eigenvalue weighted by Crippen LogP contribution is -2.31. The van der Waals surface area contributed by atoms with Crippen LogP contribution in [-0.4, -0.2) is 217 Å². The first-order valence-corrected chi connectivity index (χ1v) is 39.4. The summed E-state index contributed by atoms with van der Waals surface area (Å²) < 4.78 is 14.3. The Morgan fingerprint density at radius 1 is 0.440 bits per heavy atom. The molecule has 37 nitrogen and oxygen atoms in total. The van der Waals surface area contributed by atoms with Crippen LogP contribution in [0.25, 0.3) is 0 Å². The zero-order valence-corrected chi connectivity index (χ0v) is 67.2. The second-order valence-corrected chi connectivity index (χ2v) is 27.6. The van der Waals surface area contributed by atoms with Gasteiger partial charge in [0.1, 0.15) is 12.3 Å². The van der Waals surface area contributed by atoms with Crippen molar-refractivity contribution in [1.82, 2.24) is 26.7 Å². The molecule has 1 rings (SSSR count). The number of thioether (sulfide) groups is 4. The van der Waals surface area contributed by atoms with E-state index >= 15 is 0 Å². The molecule has 20 N–H and O–H groups in total. The molecule has 5 amide bonds. The lowest BCUT2D eigenvalue weighted by Gasteiger charge is -2.06. The molecule has 0 aliphatic carbocycles. The fraction of sp³-hybridized carbons (Fsp3) is 0.672. The molecule has 109 heavy (non-hydrogen) atoms. The van der Waals surface area contributed by atoms with E-state index in [0.29, 0.717) is 64.3 Å². The van der Waals surface area contributed by atoms with E-state index in [1.54, 1.807) is 13.8 Å². The van der Waals surface area contributed by atoms with E-state index in [0.717, 1.165) is 112 Å². The molecule has 0 aliphatic rings. The highest BCUT2D eigenvalue weighted by Crippen LogP contribution is 2.18. The number of rotatable bonds is 52. The van der Waals surface area contributed by atoms with Gasteiger partial charge >= 0.3 is 30.2 Å². The number of nitro benzene ring substituents is 1. The first kappa shape index (κ1) is 115. The molecule has 1 aromatic carbocycles. The van der Waals surface area contributed by atoms with Gasteiger partial charge in [0.15, 0.2) is 37.8 Å². The number of benzene rings is 1. The Morgan fingerprint density at radius 2 is 0.761 bits per heavy atom. The summed E-state index contributed by atoms with van der Waals surface area (Å²) in [6, 6.07) is 4.94. The highest BCUT2D eigenvalue weighted by atomic mass is 32.2. The number of carboxylic acid groups (broad SMARTS) is 3. The van der Waals surface area contributed by atoms with E-state index in [-0.39, 0.29) is 158 Å². The quantitative estimate of drug-likeness (QED) is 0.00598. The number of aliphatic hydroxyl groups is 2. The molecule has 628 valence electrons. The Bertz CT molecular complexity index is 2680. The van der Waals surface area contributed by atoms with E-state index in [9.17, 15) is 86.8 Å². The van der Waals surface area contributed by atoms with Gasteiger partial charge in [-0.3, -0.25) is 94.3 Å². The van der Waals surface area contributed by atoms with Gasteiger partial charge in [0.05, 0.1) is 50.9 Å². The number of thiol groups is 1. The minimum atomic E-state index is -1.04. The number of carbonyl (C=O) groups excluding carboxylic acids is 13. The number of amides is 5. The number of hydrogen-bond acceptors (Lipinski definition) is 33. The van der Waals surface area contributed by atoms with E-state index < -0.39 is 35.1 Å². The minimum absolute atomic E-state index is 0.00202. The molecule has 0 aliphatic heterocycles. The van der Waals surface area contributed by atoms with Crippen molar-refractivity contribution in [3.05, 3.63) is 34.4 Å². The van der Waals surface area contributed by atoms with Crippen LogP contribution in [0.3, 0.4) is 0 Å². The van der Waals surface area contributed by atoms with Gasteiger partial charge in [-0.1, -0.05) is 79.2 Å². The van der Waals surface area contributed by atoms with Crippen LogP contribution in [0, 0.1) is 10.1 Å². The number of ether oxygens (including phenoxy) is 3. The van der Waals surface area contributed by atoms with Crippen molar-refractivity contribution in [2.24, 2.45) is 29.0 Å². The van der Waals surface area contributed by atoms with Crippen LogP contribution in [0.1, 0.15) is 195 Å². The summed E-state index contributed by atoms with van der Waals surface area (Å²) in [4.78, 5) is 184. The van der Waals surface area contributed by atoms with Crippen molar-refractivity contribution in [2.75, 3.05) is 94.5 Å². The normalized spacial score (nSPS) is 9.69. The van der Waals surface area contributed by atoms with Crippen molar-refractivity contribution in [3.8, 4) is 5.75 Å². The van der Waals surface area contributed by atoms with Crippen LogP contribution in [0.5, 0.6) is 5.75 Å². The number of nitrogens with two attached hydrogens (primary N) is 5. The second-order valence-electron chi connectivity index (χ2n) is 22.0. The van der Waals surface area contributed by atoms with Gasteiger partial charge in [0.25, 0.3) is 5.69 Å². The van der Waals surface area contributed by atoms with Gasteiger partial charge in [0, 0.05) is 127 Å². The van der Waals surface area contributed by atoms with Crippen molar-refractivity contribution < 1.29 is 121 Å². The zero-order valence-electron chi connectivity index (χ0n) is 63.0. The summed E-state index contributed by atoms with van der Waals surface area (Å²) in [5.41, 5.74) is 11.0. The third kappa shape index (κ3) is 107. The predicted molar refractivity (Wildman–Crippen MR) is 421 cm³/mol. The van der Waals surface area contributed by atoms with Crippen LogP contribution in [0.2, 0.25) is 0 Å². The van der Waals surface area contributed by atoms with E-state index in [2.05, 4.69) is 56.1 Å². The maximum atomic E-state index is 11.8. The number of aliphatic hydroxyl groups excluding tert-OH is 2. The molecule has 0 spiro atoms. The monoisotopic (exact) mass is 1650 g/mol. The number of aliphatic carboxylic acids is 3. The number of hydrogen-bond donors (Lipinski definition) is 16. The fourth-order valence-electron chi connectivity index (χ4n) is 7.01. The molecular weight excluding hydrogens is 1540 g/mol. The highest BCUT2D eigenvalue weighted by molar-refractivity contribution is 8.14. The molecule has 0 bridgehead atoms. The van der Waals surface area contributed by atoms with Gasteiger partial charge in [-0.25, -0.2) is 15.4 Å². The van der Waals surface area contributed by atoms with Crippen LogP contribution in [-0.2, 0) is 76.6 Å². The first-order valence-electron chi connectivity index (χ1n) is 34.9. The summed E-state index contributed by atoms with van der Waals surface area (Å²) in [6.45, 7) is 6.10. The Kier molecular flexibility index (Phi) is 92.6. The number of hydrazine groups is 2. The third-order valence-corrected chi connectivity index (χ3v) is 16.2. The summed E-state index contributed by atoms with van der Waals surface area (Å²) in [6.07, 6.45) is 14.7. The third-order valence-electron chi connectivity index (χ3n) is 12.3. The minimum Gasteiger partial charge on any atom is -0.481 e. The number of nitrogens with zero attached hydrogens (tertiary/aromatic N) is 1. The lowest BCUT2D eigenvalue weighted by molar-refractivity contribution is -0.384. The van der Waals surface area contributed by atoms with E-state index in [4.69, 9.17) is 46.6 Å². The Morgan fingerprint density at radius 3 is 1.05 bits per heavy atom. The fourth-order valence-corrected chi connectivity index (χ4v) is 9.78. The molecule has 0 heterocycles. The summed E-state index contributed by atoms with van der Waals surface area (Å²) in [7, 11) is 0. The number of ketones is 3. The lowest BCUT2D eigenvalue weighted by atomic mass is 10.2. The largest absolute Gasteiger partial charge is 0.513 e. The molecule has 1 aromatic rings. The Labute approximate surface area is 659 Å². The topological polar surface area (TPSA) is 635 Å². The number of non-ortho nitro benzene ring substituents is 1. The predicted octanol–water partition coefficient (Wildman–Crippen LogP) is 4.97. The van der Waals surface area contributed by atoms with Crippen LogP contribution in [0.15, 0.2) is 24.3 Å². The Balaban J connectivity index is -0.000000237. The summed E-state index contributed by atoms with van der Waals surface area (Å²) in [5, 5.41) is 61.5. The molecular formula is C67H119N11O26S5. The number of carbonyl (C=O) groups is 16. The number of unbranched alkanes of at least 4 members (excludes halogenated alkanes) is 10. The van der Waals surface area contributed by atoms with E-state index in [1.165, 1.54) is 85.2 Å². The number of nitro groups is 1. The van der Waals surface area contributed by atoms with Crippen molar-refractivity contribution >= 4 is 157 Å². The molecule has 0 saturated carbocycles. The first-order chi connectivity index (χ1) is 51.8. The van der Waals surface area contributed by atoms with Crippen molar-refractivity contribution in [1.29, 1.82) is 0 Å². The Hall–Kier alpha value is -7.39. The second kappa shape index (κ2) is 87.8. The van der Waals surface area contributed by atoms with E-state index in [1.807, 2.05) is 5.43 Å². The van der Waals surface area contributed by atoms with Crippen LogP contribution in [0.4, 0.5) is 15.3 Å². The molecule has 42 heteroatoms. The molecule has 0 unspecified atom stereocenters. The maximum absolute atomic E-state index is 11.8. The van der Waals surface area contributed by atoms with Gasteiger partial charge in [0.2, 0.25) is 23.6 Å². The van der Waals surface area contributed by atoms with Crippen LogP contribution >= 0.6 is 59.7 Å². The molecule has 0 fully saturated rings. The molecule has 0 saturated heterocycles. The zero-order chi connectivity index (χ0) is 84.3. The standard InChI is InChI=1S/C20H26N2O8S.C13H23NO4S.C12H23N3O4S.C10H17NO4S.C8H14O3S.C2H5NO2.C2H7NO.H4N2/c1-15(23)31-13-4-2-3-7-19(25)21-14-17(24)6-5-12-29-20(26)30-18-10-8-16(9-11-18)22(27)28;1-11(16)19-9-4-2-3-7-13(18)14-10-12(17)6-5-8-15;13-15-12(18)19-7-4-5-10(16)9-14-11(17)6-2-1-3-8-20;1-8(12)16-6-4-2-3-5-9(13)11-7-10(14)15;1-7(9)12-6-4-2-3-5-8(10)11;3-1-2(4)5;3-1-2-4;1-2/h8-11H,2-7,12-14H2,1H3,(H,21,25);15H,2-10H2,1H3,(H,14,18);20H,1-9,13H2,(H,14,17)(H,15,18);2-7H2,1H3,(H,11,13)(H,14,15);2-6H2,1H3,(H,10,11);1,3H2,(H,4,5);4H,1-3H2;1-2H2. The van der Waals surface area contributed by atoms with Crippen molar-refractivity contribution in [3.63, 3.8) is 0 Å². The van der Waals surface area contributed by atoms with Gasteiger partial charge in [-0.2, -0.15) is 12.6 Å². The average molecular weight is 1660 g/mol. The number of nitrogens with one attached hydrogen (secondary N) is 5. The SMILES string of the molecule is CC(=O)SCCCCCC(=O)NCC(=O)CCCO.CC(=O)SCCCCCC(=O)NCC(=O)CCCOC(=O)Oc1ccc([N+](=O)[O-])cc1.CC(=O)SCCCCCC(=O)NCC(=O)O.CC(=O)SCCCCCC(=O)O.NCC(=O)O.NCCO.NN.NNC(=O)OCCCC(=O)CNC(=O)CCCCCS. The van der Waals surface area contributed by atoms with Crippen molar-refractivity contribution in [2.45, 2.75) is 195 Å². The average Bonchev–Trinajstić information content (AvgIpc) is 0.891. The summed E-state index contributed by atoms with van der Waals surface area (Å²) >= 11 is 9.25. The smallest absolute Gasteiger partial charge is 0.481 e. The van der Waals surface area contributed by atoms with Gasteiger partial charge in [-0.15, -0.1) is 0 Å². The van der Waals surface area contributed by atoms with Gasteiger partial charge in [-0.05, 0) is 101 Å². The molecule has 0 radical (unpaired) electrons. The molecule has 0 aromatic heterocycles. The number of Topliss-reactive ketones (excluding diaryl/α,β-unsaturated/α-hetero) is 3. The summed E-state index contributed by atoms with van der Waals surface area (Å²) in [5.74, 6) is 13.2.